The van der Waals surface area contributed by atoms with Crippen molar-refractivity contribution in [2.24, 2.45) is 0 Å². The molecule has 1 rings (SSSR count). The number of carbonyl (C=O) groups is 1. The summed E-state index contributed by atoms with van der Waals surface area (Å²) in [4.78, 5) is 10.7. The van der Waals surface area contributed by atoms with Gasteiger partial charge in [-0.25, -0.2) is 17.6 Å². The van der Waals surface area contributed by atoms with Gasteiger partial charge < -0.3 is 5.11 Å². The van der Waals surface area contributed by atoms with Crippen molar-refractivity contribution in [1.82, 2.24) is 0 Å². The minimum atomic E-state index is -3.71. The van der Waals surface area contributed by atoms with Crippen LogP contribution in [0.5, 0.6) is 0 Å². The standard InChI is InChI=1S/C13H17FO4S/c1-4-10(5-2)19(17,18)12-7-9(13(15)16)6-11(14)8(12)3/h6-7,10H,4-5H2,1-3H3,(H,15,16). The monoisotopic (exact) mass is 288 g/mol. The quantitative estimate of drug-likeness (QED) is 0.904. The molecule has 6 heteroatoms. The van der Waals surface area contributed by atoms with Gasteiger partial charge in [-0.2, -0.15) is 0 Å². The molecule has 0 fully saturated rings. The molecule has 0 heterocycles. The van der Waals surface area contributed by atoms with Crippen LogP contribution in [-0.2, 0) is 9.84 Å². The van der Waals surface area contributed by atoms with Gasteiger partial charge in [0.15, 0.2) is 9.84 Å². The van der Waals surface area contributed by atoms with Crippen LogP contribution in [0.25, 0.3) is 0 Å². The summed E-state index contributed by atoms with van der Waals surface area (Å²) in [5.41, 5.74) is -0.385. The van der Waals surface area contributed by atoms with E-state index in [9.17, 15) is 17.6 Å². The number of hydrogen-bond acceptors (Lipinski definition) is 3. The Morgan fingerprint density at radius 2 is 1.84 bits per heavy atom. The van der Waals surface area contributed by atoms with E-state index in [1.165, 1.54) is 6.92 Å². The molecule has 0 aliphatic rings. The molecular weight excluding hydrogens is 271 g/mol. The molecule has 0 amide bonds. The Balaban J connectivity index is 3.54. The van der Waals surface area contributed by atoms with Crippen LogP contribution in [0, 0.1) is 12.7 Å². The zero-order chi connectivity index (χ0) is 14.8. The van der Waals surface area contributed by atoms with Crippen molar-refractivity contribution in [3.05, 3.63) is 29.1 Å². The number of rotatable bonds is 5. The fourth-order valence-electron chi connectivity index (χ4n) is 1.98. The highest BCUT2D eigenvalue weighted by atomic mass is 32.2. The minimum absolute atomic E-state index is 0.0306. The summed E-state index contributed by atoms with van der Waals surface area (Å²) in [6.45, 7) is 4.81. The first-order chi connectivity index (χ1) is 8.75. The van der Waals surface area contributed by atoms with Gasteiger partial charge in [-0.1, -0.05) is 13.8 Å². The number of benzene rings is 1. The van der Waals surface area contributed by atoms with E-state index in [0.717, 1.165) is 12.1 Å². The minimum Gasteiger partial charge on any atom is -0.478 e. The molecule has 0 aliphatic heterocycles. The molecule has 0 spiro atoms. The highest BCUT2D eigenvalue weighted by Gasteiger charge is 2.28. The van der Waals surface area contributed by atoms with Crippen molar-refractivity contribution in [2.75, 3.05) is 0 Å². The average Bonchev–Trinajstić information content (AvgIpc) is 2.33. The van der Waals surface area contributed by atoms with Crippen LogP contribution in [0.15, 0.2) is 17.0 Å². The lowest BCUT2D eigenvalue weighted by Gasteiger charge is -2.16. The van der Waals surface area contributed by atoms with Gasteiger partial charge in [-0.3, -0.25) is 0 Å². The molecule has 1 aromatic carbocycles. The Morgan fingerprint density at radius 1 is 1.32 bits per heavy atom. The van der Waals surface area contributed by atoms with Crippen molar-refractivity contribution in [3.63, 3.8) is 0 Å². The third-order valence-electron chi connectivity index (χ3n) is 3.20. The molecule has 0 aliphatic carbocycles. The smallest absolute Gasteiger partial charge is 0.335 e. The second-order valence-corrected chi connectivity index (χ2v) is 6.57. The van der Waals surface area contributed by atoms with Crippen molar-refractivity contribution >= 4 is 15.8 Å². The van der Waals surface area contributed by atoms with Crippen molar-refractivity contribution in [3.8, 4) is 0 Å². The molecule has 106 valence electrons. The van der Waals surface area contributed by atoms with Gasteiger partial charge in [-0.15, -0.1) is 0 Å². The molecule has 0 bridgehead atoms. The molecule has 0 atom stereocenters. The lowest BCUT2D eigenvalue weighted by molar-refractivity contribution is 0.0696. The zero-order valence-corrected chi connectivity index (χ0v) is 11.9. The average molecular weight is 288 g/mol. The molecule has 0 saturated carbocycles. The van der Waals surface area contributed by atoms with Crippen molar-refractivity contribution in [1.29, 1.82) is 0 Å². The Hall–Kier alpha value is -1.43. The molecule has 19 heavy (non-hydrogen) atoms. The maximum absolute atomic E-state index is 13.7. The van der Waals surface area contributed by atoms with Gasteiger partial charge in [0, 0.05) is 5.56 Å². The second kappa shape index (κ2) is 5.69. The predicted molar refractivity (Wildman–Crippen MR) is 69.7 cm³/mol. The van der Waals surface area contributed by atoms with Crippen LogP contribution >= 0.6 is 0 Å². The van der Waals surface area contributed by atoms with Crippen molar-refractivity contribution in [2.45, 2.75) is 43.8 Å². The number of sulfone groups is 1. The summed E-state index contributed by atoms with van der Waals surface area (Å²) >= 11 is 0. The fourth-order valence-corrected chi connectivity index (χ4v) is 4.03. The molecular formula is C13H17FO4S. The maximum atomic E-state index is 13.7. The molecule has 0 unspecified atom stereocenters. The molecule has 4 nitrogen and oxygen atoms in total. The Kier molecular flexibility index (Phi) is 4.68. The number of carboxylic acids is 1. The van der Waals surface area contributed by atoms with Gasteiger partial charge >= 0.3 is 5.97 Å². The van der Waals surface area contributed by atoms with Crippen LogP contribution < -0.4 is 0 Å². The summed E-state index contributed by atoms with van der Waals surface area (Å²) < 4.78 is 38.4. The van der Waals surface area contributed by atoms with Crippen LogP contribution in [-0.4, -0.2) is 24.7 Å². The number of halogens is 1. The SMILES string of the molecule is CCC(CC)S(=O)(=O)c1cc(C(=O)O)cc(F)c1C. The van der Waals surface area contributed by atoms with Gasteiger partial charge in [0.25, 0.3) is 0 Å². The maximum Gasteiger partial charge on any atom is 0.335 e. The van der Waals surface area contributed by atoms with E-state index in [1.54, 1.807) is 13.8 Å². The highest BCUT2D eigenvalue weighted by Crippen LogP contribution is 2.26. The van der Waals surface area contributed by atoms with E-state index in [-0.39, 0.29) is 16.0 Å². The zero-order valence-electron chi connectivity index (χ0n) is 11.1. The van der Waals surface area contributed by atoms with Crippen LogP contribution in [0.3, 0.4) is 0 Å². The largest absolute Gasteiger partial charge is 0.478 e. The van der Waals surface area contributed by atoms with Crippen molar-refractivity contribution < 1.29 is 22.7 Å². The van der Waals surface area contributed by atoms with Gasteiger partial charge in [-0.05, 0) is 31.9 Å². The van der Waals surface area contributed by atoms with E-state index in [0.29, 0.717) is 12.8 Å². The van der Waals surface area contributed by atoms with E-state index < -0.39 is 26.9 Å². The first kappa shape index (κ1) is 15.6. The Morgan fingerprint density at radius 3 is 2.26 bits per heavy atom. The van der Waals surface area contributed by atoms with E-state index >= 15 is 0 Å². The van der Waals surface area contributed by atoms with E-state index in [1.807, 2.05) is 0 Å². The number of carboxylic acid groups (broad SMARTS) is 1. The summed E-state index contributed by atoms with van der Waals surface area (Å²) in [7, 11) is -3.71. The van der Waals surface area contributed by atoms with E-state index in [2.05, 4.69) is 0 Å². The van der Waals surface area contributed by atoms with Gasteiger partial charge in [0.2, 0.25) is 0 Å². The number of hydrogen-bond donors (Lipinski definition) is 1. The predicted octanol–water partition coefficient (Wildman–Crippen LogP) is 2.79. The second-order valence-electron chi connectivity index (χ2n) is 4.37. The van der Waals surface area contributed by atoms with E-state index in [4.69, 9.17) is 5.11 Å². The van der Waals surface area contributed by atoms with Gasteiger partial charge in [0.05, 0.1) is 15.7 Å². The Labute approximate surface area is 112 Å². The van der Waals surface area contributed by atoms with Crippen LogP contribution in [0.4, 0.5) is 4.39 Å². The summed E-state index contributed by atoms with van der Waals surface area (Å²) in [5.74, 6) is -2.16. The molecule has 1 aromatic rings. The number of aromatic carboxylic acids is 1. The fraction of sp³-hybridized carbons (Fsp3) is 0.462. The lowest BCUT2D eigenvalue weighted by Crippen LogP contribution is -2.21. The molecule has 0 saturated heterocycles. The molecule has 0 radical (unpaired) electrons. The van der Waals surface area contributed by atoms with Crippen LogP contribution in [0.1, 0.15) is 42.6 Å². The lowest BCUT2D eigenvalue weighted by atomic mass is 10.1. The molecule has 1 N–H and O–H groups in total. The first-order valence-corrected chi connectivity index (χ1v) is 7.57. The summed E-state index contributed by atoms with van der Waals surface area (Å²) in [6, 6.07) is 1.87. The topological polar surface area (TPSA) is 71.4 Å². The normalized spacial score (nSPS) is 11.8. The highest BCUT2D eigenvalue weighted by molar-refractivity contribution is 7.92. The summed E-state index contributed by atoms with van der Waals surface area (Å²) in [5, 5.41) is 8.25. The summed E-state index contributed by atoms with van der Waals surface area (Å²) in [6.07, 6.45) is 0.800. The van der Waals surface area contributed by atoms with Gasteiger partial charge in [0.1, 0.15) is 5.82 Å². The Bertz CT molecular complexity index is 589. The third kappa shape index (κ3) is 2.94. The third-order valence-corrected chi connectivity index (χ3v) is 5.78. The molecule has 0 aromatic heterocycles. The van der Waals surface area contributed by atoms with Crippen LogP contribution in [0.2, 0.25) is 0 Å². The first-order valence-electron chi connectivity index (χ1n) is 6.03.